The number of benzene rings is 1. The molecule has 1 aromatic carbocycles. The Morgan fingerprint density at radius 3 is 2.60 bits per heavy atom. The summed E-state index contributed by atoms with van der Waals surface area (Å²) in [5.41, 5.74) is 7.23. The quantitative estimate of drug-likeness (QED) is 0.890. The lowest BCUT2D eigenvalue weighted by Crippen LogP contribution is -2.45. The SMILES string of the molecule is CCOC1(C(N)c2cc(Cl)ccc2OC)CCCCC1. The zero-order valence-electron chi connectivity index (χ0n) is 12.3. The van der Waals surface area contributed by atoms with Gasteiger partial charge in [-0.25, -0.2) is 0 Å². The monoisotopic (exact) mass is 297 g/mol. The molecule has 1 aliphatic rings. The van der Waals surface area contributed by atoms with E-state index in [9.17, 15) is 0 Å². The van der Waals surface area contributed by atoms with E-state index >= 15 is 0 Å². The number of hydrogen-bond donors (Lipinski definition) is 1. The lowest BCUT2D eigenvalue weighted by molar-refractivity contribution is -0.0834. The molecule has 1 aromatic rings. The first-order valence-electron chi connectivity index (χ1n) is 7.36. The molecule has 1 unspecified atom stereocenters. The van der Waals surface area contributed by atoms with E-state index in [4.69, 9.17) is 26.8 Å². The summed E-state index contributed by atoms with van der Waals surface area (Å²) in [7, 11) is 1.66. The van der Waals surface area contributed by atoms with Crippen LogP contribution in [0.1, 0.15) is 50.6 Å². The molecular formula is C16H24ClNO2. The van der Waals surface area contributed by atoms with Crippen molar-refractivity contribution < 1.29 is 9.47 Å². The molecule has 1 aliphatic carbocycles. The fourth-order valence-electron chi connectivity index (χ4n) is 3.21. The predicted molar refractivity (Wildman–Crippen MR) is 82.4 cm³/mol. The number of nitrogens with two attached hydrogens (primary N) is 1. The normalized spacial score (nSPS) is 19.6. The fourth-order valence-corrected chi connectivity index (χ4v) is 3.40. The predicted octanol–water partition coefficient (Wildman–Crippen LogP) is 4.09. The van der Waals surface area contributed by atoms with Gasteiger partial charge in [0.15, 0.2) is 0 Å². The first kappa shape index (κ1) is 15.6. The highest BCUT2D eigenvalue weighted by Gasteiger charge is 2.40. The van der Waals surface area contributed by atoms with E-state index in [2.05, 4.69) is 0 Å². The molecule has 0 spiro atoms. The van der Waals surface area contributed by atoms with Gasteiger partial charge in [-0.3, -0.25) is 0 Å². The van der Waals surface area contributed by atoms with Gasteiger partial charge in [0.25, 0.3) is 0 Å². The zero-order chi connectivity index (χ0) is 14.6. The van der Waals surface area contributed by atoms with Crippen LogP contribution in [-0.4, -0.2) is 19.3 Å². The minimum atomic E-state index is -0.287. The summed E-state index contributed by atoms with van der Waals surface area (Å²) in [4.78, 5) is 0. The van der Waals surface area contributed by atoms with Gasteiger partial charge >= 0.3 is 0 Å². The van der Waals surface area contributed by atoms with Crippen molar-refractivity contribution in [2.45, 2.75) is 50.7 Å². The molecule has 0 bridgehead atoms. The van der Waals surface area contributed by atoms with Gasteiger partial charge in [-0.05, 0) is 38.0 Å². The van der Waals surface area contributed by atoms with Crippen LogP contribution in [0.4, 0.5) is 0 Å². The maximum absolute atomic E-state index is 6.57. The molecule has 0 aliphatic heterocycles. The molecule has 1 saturated carbocycles. The number of rotatable bonds is 5. The van der Waals surface area contributed by atoms with Crippen LogP contribution in [0.25, 0.3) is 0 Å². The molecule has 0 saturated heterocycles. The van der Waals surface area contributed by atoms with Crippen molar-refractivity contribution in [2.24, 2.45) is 5.73 Å². The summed E-state index contributed by atoms with van der Waals surface area (Å²) < 4.78 is 11.5. The molecule has 1 fully saturated rings. The average Bonchev–Trinajstić information content (AvgIpc) is 2.47. The van der Waals surface area contributed by atoms with E-state index in [1.165, 1.54) is 6.42 Å². The standard InChI is InChI=1S/C16H24ClNO2/c1-3-20-16(9-5-4-6-10-16)15(18)13-11-12(17)7-8-14(13)19-2/h7-8,11,15H,3-6,9-10,18H2,1-2H3. The van der Waals surface area contributed by atoms with Crippen molar-refractivity contribution in [1.29, 1.82) is 0 Å². The molecule has 20 heavy (non-hydrogen) atoms. The van der Waals surface area contributed by atoms with Crippen LogP contribution < -0.4 is 10.5 Å². The summed E-state index contributed by atoms with van der Waals surface area (Å²) in [5.74, 6) is 0.784. The molecule has 112 valence electrons. The Balaban J connectivity index is 2.36. The number of methoxy groups -OCH3 is 1. The summed E-state index contributed by atoms with van der Waals surface area (Å²) in [6.45, 7) is 2.70. The van der Waals surface area contributed by atoms with E-state index in [1.807, 2.05) is 25.1 Å². The Morgan fingerprint density at radius 2 is 2.00 bits per heavy atom. The average molecular weight is 298 g/mol. The molecule has 1 atom stereocenters. The van der Waals surface area contributed by atoms with Crippen LogP contribution in [0.15, 0.2) is 18.2 Å². The summed E-state index contributed by atoms with van der Waals surface area (Å²) in [5, 5.41) is 0.679. The van der Waals surface area contributed by atoms with Crippen molar-refractivity contribution in [1.82, 2.24) is 0 Å². The van der Waals surface area contributed by atoms with Crippen molar-refractivity contribution in [3.8, 4) is 5.75 Å². The molecule has 4 heteroatoms. The first-order valence-corrected chi connectivity index (χ1v) is 7.74. The van der Waals surface area contributed by atoms with Gasteiger partial charge < -0.3 is 15.2 Å². The summed E-state index contributed by atoms with van der Waals surface area (Å²) in [6.07, 6.45) is 5.58. The number of halogens is 1. The molecule has 3 nitrogen and oxygen atoms in total. The van der Waals surface area contributed by atoms with Gasteiger partial charge in [0, 0.05) is 17.2 Å². The van der Waals surface area contributed by atoms with Gasteiger partial charge in [0.2, 0.25) is 0 Å². The Hall–Kier alpha value is -0.770. The highest BCUT2D eigenvalue weighted by molar-refractivity contribution is 6.30. The van der Waals surface area contributed by atoms with Crippen LogP contribution in [0, 0.1) is 0 Å². The lowest BCUT2D eigenvalue weighted by Gasteiger charge is -2.42. The third-order valence-electron chi connectivity index (χ3n) is 4.23. The van der Waals surface area contributed by atoms with E-state index in [-0.39, 0.29) is 11.6 Å². The van der Waals surface area contributed by atoms with Gasteiger partial charge in [-0.1, -0.05) is 30.9 Å². The van der Waals surface area contributed by atoms with Crippen molar-refractivity contribution in [3.63, 3.8) is 0 Å². The molecule has 2 rings (SSSR count). The largest absolute Gasteiger partial charge is 0.496 e. The Kier molecular flexibility index (Phi) is 5.30. The second-order valence-corrected chi connectivity index (χ2v) is 5.86. The fraction of sp³-hybridized carbons (Fsp3) is 0.625. The molecule has 2 N–H and O–H groups in total. The van der Waals surface area contributed by atoms with Crippen molar-refractivity contribution in [3.05, 3.63) is 28.8 Å². The molecule has 0 radical (unpaired) electrons. The van der Waals surface area contributed by atoms with Gasteiger partial charge in [-0.2, -0.15) is 0 Å². The van der Waals surface area contributed by atoms with Gasteiger partial charge in [-0.15, -0.1) is 0 Å². The maximum Gasteiger partial charge on any atom is 0.123 e. The Bertz CT molecular complexity index is 439. The van der Waals surface area contributed by atoms with Crippen LogP contribution in [0.2, 0.25) is 5.02 Å². The molecule has 0 aromatic heterocycles. The third kappa shape index (κ3) is 3.11. The van der Waals surface area contributed by atoms with Crippen LogP contribution >= 0.6 is 11.6 Å². The van der Waals surface area contributed by atoms with Crippen LogP contribution in [0.3, 0.4) is 0 Å². The van der Waals surface area contributed by atoms with Crippen molar-refractivity contribution >= 4 is 11.6 Å². The maximum atomic E-state index is 6.57. The highest BCUT2D eigenvalue weighted by atomic mass is 35.5. The zero-order valence-corrected chi connectivity index (χ0v) is 13.1. The first-order chi connectivity index (χ1) is 9.63. The van der Waals surface area contributed by atoms with Gasteiger partial charge in [0.1, 0.15) is 5.75 Å². The van der Waals surface area contributed by atoms with Crippen molar-refractivity contribution in [2.75, 3.05) is 13.7 Å². The molecular weight excluding hydrogens is 274 g/mol. The minimum Gasteiger partial charge on any atom is -0.496 e. The summed E-state index contributed by atoms with van der Waals surface area (Å²) in [6, 6.07) is 5.39. The minimum absolute atomic E-state index is 0.212. The second kappa shape index (κ2) is 6.79. The lowest BCUT2D eigenvalue weighted by atomic mass is 9.77. The second-order valence-electron chi connectivity index (χ2n) is 5.42. The van der Waals surface area contributed by atoms with Gasteiger partial charge in [0.05, 0.1) is 18.8 Å². The molecule has 0 heterocycles. The molecule has 0 amide bonds. The number of hydrogen-bond acceptors (Lipinski definition) is 3. The Labute approximate surface area is 126 Å². The highest BCUT2D eigenvalue weighted by Crippen LogP contribution is 2.43. The topological polar surface area (TPSA) is 44.5 Å². The van der Waals surface area contributed by atoms with E-state index in [0.29, 0.717) is 11.6 Å². The van der Waals surface area contributed by atoms with Crippen LogP contribution in [0.5, 0.6) is 5.75 Å². The van der Waals surface area contributed by atoms with E-state index in [0.717, 1.165) is 37.0 Å². The smallest absolute Gasteiger partial charge is 0.123 e. The van der Waals surface area contributed by atoms with Crippen LogP contribution in [-0.2, 0) is 4.74 Å². The van der Waals surface area contributed by atoms with E-state index < -0.39 is 0 Å². The summed E-state index contributed by atoms with van der Waals surface area (Å²) >= 11 is 6.13. The Morgan fingerprint density at radius 1 is 1.30 bits per heavy atom. The third-order valence-corrected chi connectivity index (χ3v) is 4.46. The van der Waals surface area contributed by atoms with E-state index in [1.54, 1.807) is 7.11 Å². The number of ether oxygens (including phenoxy) is 2.